The summed E-state index contributed by atoms with van der Waals surface area (Å²) in [7, 11) is 1.42. The smallest absolute Gasteiger partial charge is 0.410 e. The standard InChI is InChI=1S/C16H13F3N2O3/c1-23-15-11(8-21-2-3-24-16(21)22)4-10(7-20-15)9-5-12(17)14(19)13(18)6-9/h4-7H,2-3,8H2,1H3. The molecule has 0 spiro atoms. The first-order valence-corrected chi connectivity index (χ1v) is 7.09. The number of aromatic nitrogens is 1. The molecule has 0 unspecified atom stereocenters. The highest BCUT2D eigenvalue weighted by atomic mass is 19.2. The van der Waals surface area contributed by atoms with Gasteiger partial charge in [-0.2, -0.15) is 0 Å². The first-order valence-electron chi connectivity index (χ1n) is 7.09. The summed E-state index contributed by atoms with van der Waals surface area (Å²) >= 11 is 0. The van der Waals surface area contributed by atoms with Crippen molar-refractivity contribution in [1.29, 1.82) is 0 Å². The summed E-state index contributed by atoms with van der Waals surface area (Å²) in [5.41, 5.74) is 1.04. The van der Waals surface area contributed by atoms with Crippen molar-refractivity contribution < 1.29 is 27.4 Å². The normalized spacial score (nSPS) is 14.0. The van der Waals surface area contributed by atoms with Gasteiger partial charge in [0.1, 0.15) is 6.61 Å². The Morgan fingerprint density at radius 1 is 1.21 bits per heavy atom. The molecule has 2 aromatic rings. The second-order valence-electron chi connectivity index (χ2n) is 5.18. The van der Waals surface area contributed by atoms with E-state index in [9.17, 15) is 18.0 Å². The van der Waals surface area contributed by atoms with Gasteiger partial charge >= 0.3 is 6.09 Å². The van der Waals surface area contributed by atoms with E-state index < -0.39 is 23.5 Å². The summed E-state index contributed by atoms with van der Waals surface area (Å²) in [5.74, 6) is -3.82. The van der Waals surface area contributed by atoms with Gasteiger partial charge in [-0.1, -0.05) is 0 Å². The summed E-state index contributed by atoms with van der Waals surface area (Å²) < 4.78 is 49.9. The Hall–Kier alpha value is -2.77. The number of hydrogen-bond donors (Lipinski definition) is 0. The number of hydrogen-bond acceptors (Lipinski definition) is 4. The summed E-state index contributed by atoms with van der Waals surface area (Å²) in [4.78, 5) is 17.1. The van der Waals surface area contributed by atoms with Gasteiger partial charge in [0.05, 0.1) is 20.2 Å². The number of nitrogens with zero attached hydrogens (tertiary/aromatic N) is 2. The molecule has 1 aromatic carbocycles. The molecule has 8 heteroatoms. The fourth-order valence-electron chi connectivity index (χ4n) is 2.45. The van der Waals surface area contributed by atoms with Crippen molar-refractivity contribution >= 4 is 6.09 Å². The first-order chi connectivity index (χ1) is 11.5. The molecule has 5 nitrogen and oxygen atoms in total. The number of amides is 1. The fraction of sp³-hybridized carbons (Fsp3) is 0.250. The third kappa shape index (κ3) is 2.99. The van der Waals surface area contributed by atoms with E-state index >= 15 is 0 Å². The van der Waals surface area contributed by atoms with Crippen LogP contribution in [-0.2, 0) is 11.3 Å². The Kier molecular flexibility index (Phi) is 4.28. The Bertz CT molecular complexity index is 775. The van der Waals surface area contributed by atoms with Crippen LogP contribution < -0.4 is 4.74 Å². The third-order valence-corrected chi connectivity index (χ3v) is 3.64. The molecule has 1 aliphatic heterocycles. The molecule has 0 atom stereocenters. The number of halogens is 3. The predicted molar refractivity (Wildman–Crippen MR) is 77.9 cm³/mol. The van der Waals surface area contributed by atoms with Crippen LogP contribution >= 0.6 is 0 Å². The molecular weight excluding hydrogens is 325 g/mol. The zero-order valence-electron chi connectivity index (χ0n) is 12.7. The molecule has 1 aliphatic rings. The van der Waals surface area contributed by atoms with Crippen LogP contribution in [0, 0.1) is 17.5 Å². The minimum Gasteiger partial charge on any atom is -0.481 e. The van der Waals surface area contributed by atoms with Gasteiger partial charge in [-0.3, -0.25) is 0 Å². The monoisotopic (exact) mass is 338 g/mol. The molecule has 2 heterocycles. The van der Waals surface area contributed by atoms with Crippen LogP contribution in [0.15, 0.2) is 24.4 Å². The molecule has 0 aliphatic carbocycles. The molecule has 24 heavy (non-hydrogen) atoms. The highest BCUT2D eigenvalue weighted by Gasteiger charge is 2.24. The molecule has 1 amide bonds. The minimum absolute atomic E-state index is 0.131. The van der Waals surface area contributed by atoms with Gasteiger partial charge in [0, 0.05) is 17.3 Å². The summed E-state index contributed by atoms with van der Waals surface area (Å²) in [5, 5.41) is 0. The number of methoxy groups -OCH3 is 1. The Balaban J connectivity index is 1.98. The van der Waals surface area contributed by atoms with Gasteiger partial charge in [0.15, 0.2) is 17.5 Å². The molecule has 126 valence electrons. The molecule has 0 radical (unpaired) electrons. The molecular formula is C16H13F3N2O3. The maximum Gasteiger partial charge on any atom is 0.410 e. The van der Waals surface area contributed by atoms with E-state index in [2.05, 4.69) is 4.98 Å². The van der Waals surface area contributed by atoms with Crippen LogP contribution in [0.4, 0.5) is 18.0 Å². The Labute approximate surface area is 135 Å². The molecule has 1 aromatic heterocycles. The van der Waals surface area contributed by atoms with E-state index in [1.165, 1.54) is 18.2 Å². The molecule has 0 bridgehead atoms. The lowest BCUT2D eigenvalue weighted by molar-refractivity contribution is 0.157. The number of carbonyl (C=O) groups is 1. The molecule has 0 saturated carbocycles. The second-order valence-corrected chi connectivity index (χ2v) is 5.18. The average molecular weight is 338 g/mol. The molecule has 3 rings (SSSR count). The molecule has 0 N–H and O–H groups in total. The Morgan fingerprint density at radius 3 is 2.50 bits per heavy atom. The van der Waals surface area contributed by atoms with E-state index in [1.807, 2.05) is 0 Å². The average Bonchev–Trinajstić information content (AvgIpc) is 2.97. The summed E-state index contributed by atoms with van der Waals surface area (Å²) in [6.45, 7) is 0.893. The number of pyridine rings is 1. The van der Waals surface area contributed by atoms with Gasteiger partial charge in [-0.15, -0.1) is 0 Å². The maximum atomic E-state index is 13.4. The third-order valence-electron chi connectivity index (χ3n) is 3.64. The van der Waals surface area contributed by atoms with E-state index in [1.54, 1.807) is 6.07 Å². The zero-order chi connectivity index (χ0) is 17.3. The maximum absolute atomic E-state index is 13.4. The second kappa shape index (κ2) is 6.38. The Morgan fingerprint density at radius 2 is 1.92 bits per heavy atom. The van der Waals surface area contributed by atoms with Crippen LogP contribution in [0.25, 0.3) is 11.1 Å². The van der Waals surface area contributed by atoms with Crippen molar-refractivity contribution in [2.75, 3.05) is 20.3 Å². The van der Waals surface area contributed by atoms with Gasteiger partial charge < -0.3 is 14.4 Å². The number of benzene rings is 1. The number of ether oxygens (including phenoxy) is 2. The van der Waals surface area contributed by atoms with E-state index in [4.69, 9.17) is 9.47 Å². The lowest BCUT2D eigenvalue weighted by Gasteiger charge is -2.15. The number of carbonyl (C=O) groups excluding carboxylic acids is 1. The fourth-order valence-corrected chi connectivity index (χ4v) is 2.45. The topological polar surface area (TPSA) is 51.7 Å². The van der Waals surface area contributed by atoms with Crippen molar-refractivity contribution in [2.45, 2.75) is 6.54 Å². The predicted octanol–water partition coefficient (Wildman–Crippen LogP) is 3.13. The van der Waals surface area contributed by atoms with Crippen molar-refractivity contribution in [1.82, 2.24) is 9.88 Å². The van der Waals surface area contributed by atoms with Gasteiger partial charge in [-0.25, -0.2) is 22.9 Å². The highest BCUT2D eigenvalue weighted by Crippen LogP contribution is 2.28. The van der Waals surface area contributed by atoms with E-state index in [-0.39, 0.29) is 18.0 Å². The lowest BCUT2D eigenvalue weighted by atomic mass is 10.0. The highest BCUT2D eigenvalue weighted by molar-refractivity contribution is 5.70. The lowest BCUT2D eigenvalue weighted by Crippen LogP contribution is -2.24. The summed E-state index contributed by atoms with van der Waals surface area (Å²) in [6.07, 6.45) is 0.901. The van der Waals surface area contributed by atoms with Crippen LogP contribution in [0.3, 0.4) is 0 Å². The number of cyclic esters (lactones) is 1. The SMILES string of the molecule is COc1ncc(-c2cc(F)c(F)c(F)c2)cc1CN1CCOC1=O. The zero-order valence-corrected chi connectivity index (χ0v) is 12.7. The van der Waals surface area contributed by atoms with Gasteiger partial charge in [0.25, 0.3) is 0 Å². The van der Waals surface area contributed by atoms with Crippen molar-refractivity contribution in [3.05, 3.63) is 47.4 Å². The van der Waals surface area contributed by atoms with Gasteiger partial charge in [-0.05, 0) is 23.8 Å². The summed E-state index contributed by atoms with van der Waals surface area (Å²) in [6, 6.07) is 3.36. The van der Waals surface area contributed by atoms with Crippen molar-refractivity contribution in [2.24, 2.45) is 0 Å². The first kappa shape index (κ1) is 16.1. The molecule has 1 saturated heterocycles. The van der Waals surface area contributed by atoms with Crippen LogP contribution in [0.1, 0.15) is 5.56 Å². The van der Waals surface area contributed by atoms with Crippen LogP contribution in [0.2, 0.25) is 0 Å². The van der Waals surface area contributed by atoms with Crippen LogP contribution in [0.5, 0.6) is 5.88 Å². The quantitative estimate of drug-likeness (QED) is 0.804. The largest absolute Gasteiger partial charge is 0.481 e. The molecule has 1 fully saturated rings. The van der Waals surface area contributed by atoms with Crippen molar-refractivity contribution in [3.8, 4) is 17.0 Å². The van der Waals surface area contributed by atoms with Gasteiger partial charge in [0.2, 0.25) is 5.88 Å². The number of rotatable bonds is 4. The van der Waals surface area contributed by atoms with E-state index in [0.29, 0.717) is 24.3 Å². The minimum atomic E-state index is -1.53. The van der Waals surface area contributed by atoms with Crippen LogP contribution in [-0.4, -0.2) is 36.2 Å². The van der Waals surface area contributed by atoms with E-state index in [0.717, 1.165) is 12.1 Å². The van der Waals surface area contributed by atoms with Crippen molar-refractivity contribution in [3.63, 3.8) is 0 Å².